The monoisotopic (exact) mass is 180 g/mol. The molecule has 12 heavy (non-hydrogen) atoms. The molecule has 0 aliphatic rings. The van der Waals surface area contributed by atoms with Crippen LogP contribution in [0.15, 0.2) is 30.0 Å². The van der Waals surface area contributed by atoms with Crippen molar-refractivity contribution in [3.05, 3.63) is 35.9 Å². The van der Waals surface area contributed by atoms with Crippen molar-refractivity contribution in [3.63, 3.8) is 0 Å². The lowest BCUT2D eigenvalue weighted by Gasteiger charge is -1.95. The molecule has 0 aliphatic carbocycles. The van der Waals surface area contributed by atoms with Crippen LogP contribution in [0.4, 0.5) is 4.39 Å². The Labute approximate surface area is 72.7 Å². The van der Waals surface area contributed by atoms with E-state index in [0.29, 0.717) is 10.6 Å². The first-order valence-corrected chi connectivity index (χ1v) is 4.25. The summed E-state index contributed by atoms with van der Waals surface area (Å²) in [4.78, 5) is 7.65. The second kappa shape index (κ2) is 2.98. The molecule has 2 aromatic heterocycles. The van der Waals surface area contributed by atoms with Crippen LogP contribution in [0, 0.1) is 5.82 Å². The predicted octanol–water partition coefficient (Wildman–Crippen LogP) is 2.34. The van der Waals surface area contributed by atoms with Gasteiger partial charge in [-0.15, -0.1) is 11.3 Å². The standard InChI is InChI=1S/C8H5FN2S/c9-7-5-10-2-1-6(7)8-11-3-4-12-8/h1-5H. The van der Waals surface area contributed by atoms with Crippen LogP contribution in [0.1, 0.15) is 0 Å². The second-order valence-electron chi connectivity index (χ2n) is 2.19. The van der Waals surface area contributed by atoms with E-state index >= 15 is 0 Å². The van der Waals surface area contributed by atoms with Crippen molar-refractivity contribution in [2.24, 2.45) is 0 Å². The zero-order valence-electron chi connectivity index (χ0n) is 6.07. The molecule has 0 radical (unpaired) electrons. The highest BCUT2D eigenvalue weighted by atomic mass is 32.1. The molecule has 0 aliphatic heterocycles. The van der Waals surface area contributed by atoms with Gasteiger partial charge in [0.15, 0.2) is 5.82 Å². The highest BCUT2D eigenvalue weighted by molar-refractivity contribution is 7.13. The van der Waals surface area contributed by atoms with Gasteiger partial charge in [0, 0.05) is 23.3 Å². The molecule has 2 aromatic rings. The Morgan fingerprint density at radius 3 is 2.92 bits per heavy atom. The van der Waals surface area contributed by atoms with Crippen LogP contribution in [-0.4, -0.2) is 9.97 Å². The Kier molecular flexibility index (Phi) is 1.83. The third kappa shape index (κ3) is 1.21. The van der Waals surface area contributed by atoms with Crippen molar-refractivity contribution in [3.8, 4) is 10.6 Å². The van der Waals surface area contributed by atoms with Gasteiger partial charge in [-0.3, -0.25) is 4.98 Å². The Bertz CT molecular complexity index is 372. The van der Waals surface area contributed by atoms with E-state index < -0.39 is 0 Å². The van der Waals surface area contributed by atoms with Gasteiger partial charge < -0.3 is 0 Å². The summed E-state index contributed by atoms with van der Waals surface area (Å²) in [5, 5.41) is 2.50. The number of hydrogen-bond acceptors (Lipinski definition) is 3. The molecule has 2 rings (SSSR count). The fourth-order valence-corrected chi connectivity index (χ4v) is 1.57. The summed E-state index contributed by atoms with van der Waals surface area (Å²) in [7, 11) is 0. The van der Waals surface area contributed by atoms with Crippen LogP contribution in [0.25, 0.3) is 10.6 Å². The molecule has 0 bridgehead atoms. The summed E-state index contributed by atoms with van der Waals surface area (Å²) in [6, 6.07) is 1.62. The molecule has 0 saturated carbocycles. The highest BCUT2D eigenvalue weighted by Crippen LogP contribution is 2.23. The smallest absolute Gasteiger partial charge is 0.151 e. The van der Waals surface area contributed by atoms with Gasteiger partial charge in [0.25, 0.3) is 0 Å². The van der Waals surface area contributed by atoms with Crippen LogP contribution < -0.4 is 0 Å². The van der Waals surface area contributed by atoms with Gasteiger partial charge in [0.1, 0.15) is 5.01 Å². The first-order valence-electron chi connectivity index (χ1n) is 3.37. The molecular formula is C8H5FN2S. The maximum atomic E-state index is 13.1. The normalized spacial score (nSPS) is 10.1. The summed E-state index contributed by atoms with van der Waals surface area (Å²) >= 11 is 1.41. The number of nitrogens with zero attached hydrogens (tertiary/aromatic N) is 2. The third-order valence-electron chi connectivity index (χ3n) is 1.44. The van der Waals surface area contributed by atoms with Crippen LogP contribution in [-0.2, 0) is 0 Å². The van der Waals surface area contributed by atoms with E-state index in [2.05, 4.69) is 9.97 Å². The fraction of sp³-hybridized carbons (Fsp3) is 0. The van der Waals surface area contributed by atoms with Crippen molar-refractivity contribution >= 4 is 11.3 Å². The number of hydrogen-bond donors (Lipinski definition) is 0. The average molecular weight is 180 g/mol. The molecular weight excluding hydrogens is 175 g/mol. The quantitative estimate of drug-likeness (QED) is 0.673. The number of halogens is 1. The number of aromatic nitrogens is 2. The van der Waals surface area contributed by atoms with Crippen molar-refractivity contribution in [1.82, 2.24) is 9.97 Å². The van der Waals surface area contributed by atoms with Crippen molar-refractivity contribution in [2.45, 2.75) is 0 Å². The van der Waals surface area contributed by atoms with Gasteiger partial charge >= 0.3 is 0 Å². The number of rotatable bonds is 1. The summed E-state index contributed by atoms with van der Waals surface area (Å²) in [6.07, 6.45) is 4.40. The van der Waals surface area contributed by atoms with Crippen molar-refractivity contribution in [2.75, 3.05) is 0 Å². The Balaban J connectivity index is 2.55. The van der Waals surface area contributed by atoms with E-state index in [9.17, 15) is 4.39 Å². The molecule has 0 saturated heterocycles. The number of pyridine rings is 1. The Morgan fingerprint density at radius 1 is 1.33 bits per heavy atom. The molecule has 0 spiro atoms. The maximum absolute atomic E-state index is 13.1. The fourth-order valence-electron chi connectivity index (χ4n) is 0.905. The van der Waals surface area contributed by atoms with Gasteiger partial charge in [-0.1, -0.05) is 0 Å². The average Bonchev–Trinajstić information content (AvgIpc) is 2.57. The van der Waals surface area contributed by atoms with Gasteiger partial charge in [-0.25, -0.2) is 9.37 Å². The van der Waals surface area contributed by atoms with Crippen molar-refractivity contribution in [1.29, 1.82) is 0 Å². The summed E-state index contributed by atoms with van der Waals surface area (Å²) in [5.41, 5.74) is 0.514. The largest absolute Gasteiger partial charge is 0.262 e. The lowest BCUT2D eigenvalue weighted by Crippen LogP contribution is -1.83. The third-order valence-corrected chi connectivity index (χ3v) is 2.24. The summed E-state index contributed by atoms with van der Waals surface area (Å²) < 4.78 is 13.1. The van der Waals surface area contributed by atoms with Gasteiger partial charge in [0.05, 0.1) is 6.20 Å². The van der Waals surface area contributed by atoms with Gasteiger partial charge in [0.2, 0.25) is 0 Å². The Hall–Kier alpha value is -1.29. The molecule has 0 fully saturated rings. The summed E-state index contributed by atoms with van der Waals surface area (Å²) in [5.74, 6) is -0.326. The van der Waals surface area contributed by atoms with Crippen LogP contribution in [0.2, 0.25) is 0 Å². The molecule has 60 valence electrons. The lowest BCUT2D eigenvalue weighted by molar-refractivity contribution is 0.625. The highest BCUT2D eigenvalue weighted by Gasteiger charge is 2.05. The van der Waals surface area contributed by atoms with Gasteiger partial charge in [-0.05, 0) is 6.07 Å². The van der Waals surface area contributed by atoms with E-state index in [1.165, 1.54) is 17.5 Å². The zero-order chi connectivity index (χ0) is 8.39. The molecule has 2 heterocycles. The van der Waals surface area contributed by atoms with Crippen LogP contribution >= 0.6 is 11.3 Å². The predicted molar refractivity (Wildman–Crippen MR) is 45.3 cm³/mol. The first-order chi connectivity index (χ1) is 5.88. The van der Waals surface area contributed by atoms with Gasteiger partial charge in [-0.2, -0.15) is 0 Å². The van der Waals surface area contributed by atoms with E-state index in [1.54, 1.807) is 18.5 Å². The minimum atomic E-state index is -0.326. The van der Waals surface area contributed by atoms with E-state index in [4.69, 9.17) is 0 Å². The first kappa shape index (κ1) is 7.36. The minimum absolute atomic E-state index is 0.326. The molecule has 4 heteroatoms. The summed E-state index contributed by atoms with van der Waals surface area (Å²) in [6.45, 7) is 0. The molecule has 0 aromatic carbocycles. The van der Waals surface area contributed by atoms with Crippen LogP contribution in [0.5, 0.6) is 0 Å². The molecule has 2 nitrogen and oxygen atoms in total. The van der Waals surface area contributed by atoms with E-state index in [0.717, 1.165) is 0 Å². The van der Waals surface area contributed by atoms with Crippen molar-refractivity contribution < 1.29 is 4.39 Å². The lowest BCUT2D eigenvalue weighted by atomic mass is 10.3. The zero-order valence-corrected chi connectivity index (χ0v) is 6.88. The SMILES string of the molecule is Fc1cnccc1-c1nccs1. The molecule has 0 unspecified atom stereocenters. The number of thiazole rings is 1. The molecule has 0 N–H and O–H groups in total. The molecule has 0 amide bonds. The topological polar surface area (TPSA) is 25.8 Å². The Morgan fingerprint density at radius 2 is 2.25 bits per heavy atom. The van der Waals surface area contributed by atoms with E-state index in [1.807, 2.05) is 5.38 Å². The van der Waals surface area contributed by atoms with Crippen LogP contribution in [0.3, 0.4) is 0 Å². The molecule has 0 atom stereocenters. The second-order valence-corrected chi connectivity index (χ2v) is 3.09. The maximum Gasteiger partial charge on any atom is 0.151 e. The van der Waals surface area contributed by atoms with E-state index in [-0.39, 0.29) is 5.82 Å². The minimum Gasteiger partial charge on any atom is -0.262 e.